The van der Waals surface area contributed by atoms with E-state index in [0.29, 0.717) is 25.5 Å². The maximum absolute atomic E-state index is 9.61. The lowest BCUT2D eigenvalue weighted by molar-refractivity contribution is 0.0615. The Morgan fingerprint density at radius 3 is 2.95 bits per heavy atom. The second kappa shape index (κ2) is 6.67. The number of aromatic nitrogens is 3. The van der Waals surface area contributed by atoms with Gasteiger partial charge in [-0.2, -0.15) is 5.10 Å². The summed E-state index contributed by atoms with van der Waals surface area (Å²) in [5, 5.41) is 17.4. The Morgan fingerprint density at radius 1 is 1.45 bits per heavy atom. The molecule has 1 unspecified atom stereocenters. The third-order valence-corrected chi connectivity index (χ3v) is 3.13. The number of fused-ring (bicyclic) bond motifs is 1. The SMILES string of the molecule is COCC(O)CCNc1nccn2nc(C(C)C)cc12. The molecule has 0 saturated heterocycles. The van der Waals surface area contributed by atoms with Gasteiger partial charge in [0.05, 0.1) is 18.4 Å². The van der Waals surface area contributed by atoms with Crippen LogP contribution in [0, 0.1) is 0 Å². The van der Waals surface area contributed by atoms with Crippen LogP contribution in [0.2, 0.25) is 0 Å². The summed E-state index contributed by atoms with van der Waals surface area (Å²) in [5.74, 6) is 1.17. The van der Waals surface area contributed by atoms with E-state index in [-0.39, 0.29) is 0 Å². The molecule has 110 valence electrons. The zero-order valence-corrected chi connectivity index (χ0v) is 12.2. The lowest BCUT2D eigenvalue weighted by Gasteiger charge is -2.10. The second-order valence-electron chi connectivity index (χ2n) is 5.15. The first-order valence-corrected chi connectivity index (χ1v) is 6.87. The second-order valence-corrected chi connectivity index (χ2v) is 5.15. The molecule has 2 N–H and O–H groups in total. The van der Waals surface area contributed by atoms with Crippen LogP contribution in [0.3, 0.4) is 0 Å². The average molecular weight is 278 g/mol. The van der Waals surface area contributed by atoms with Gasteiger partial charge in [-0.05, 0) is 18.4 Å². The van der Waals surface area contributed by atoms with Gasteiger partial charge in [0.15, 0.2) is 5.82 Å². The van der Waals surface area contributed by atoms with Gasteiger partial charge in [-0.3, -0.25) is 0 Å². The molecule has 0 aliphatic heterocycles. The zero-order chi connectivity index (χ0) is 14.5. The van der Waals surface area contributed by atoms with Gasteiger partial charge in [0.25, 0.3) is 0 Å². The van der Waals surface area contributed by atoms with Gasteiger partial charge in [0, 0.05) is 26.0 Å². The Morgan fingerprint density at radius 2 is 2.25 bits per heavy atom. The van der Waals surface area contributed by atoms with Crippen molar-refractivity contribution in [2.75, 3.05) is 25.6 Å². The van der Waals surface area contributed by atoms with Gasteiger partial charge < -0.3 is 15.2 Å². The number of ether oxygens (including phenoxy) is 1. The van der Waals surface area contributed by atoms with E-state index in [0.717, 1.165) is 17.0 Å². The van der Waals surface area contributed by atoms with E-state index in [1.807, 2.05) is 16.8 Å². The Labute approximate surface area is 118 Å². The highest BCUT2D eigenvalue weighted by Gasteiger charge is 2.10. The minimum Gasteiger partial charge on any atom is -0.391 e. The summed E-state index contributed by atoms with van der Waals surface area (Å²) in [4.78, 5) is 4.34. The first-order chi connectivity index (χ1) is 9.61. The highest BCUT2D eigenvalue weighted by molar-refractivity contribution is 5.67. The molecule has 0 aliphatic carbocycles. The van der Waals surface area contributed by atoms with Crippen molar-refractivity contribution in [3.8, 4) is 0 Å². The van der Waals surface area contributed by atoms with E-state index in [9.17, 15) is 5.11 Å². The first-order valence-electron chi connectivity index (χ1n) is 6.87. The van der Waals surface area contributed by atoms with Crippen LogP contribution in [0.1, 0.15) is 31.9 Å². The largest absolute Gasteiger partial charge is 0.391 e. The lowest BCUT2D eigenvalue weighted by atomic mass is 10.1. The molecule has 0 radical (unpaired) electrons. The topological polar surface area (TPSA) is 71.7 Å². The Hall–Kier alpha value is -1.66. The summed E-state index contributed by atoms with van der Waals surface area (Å²) in [5.41, 5.74) is 2.00. The van der Waals surface area contributed by atoms with E-state index in [4.69, 9.17) is 4.74 Å². The third kappa shape index (κ3) is 3.46. The van der Waals surface area contributed by atoms with Crippen molar-refractivity contribution < 1.29 is 9.84 Å². The molecule has 2 aromatic rings. The molecular formula is C14H22N4O2. The molecule has 0 spiro atoms. The van der Waals surface area contributed by atoms with Crippen LogP contribution in [0.5, 0.6) is 0 Å². The standard InChI is InChI=1S/C14H22N4O2/c1-10(2)12-8-13-14(16-6-7-18(13)17-12)15-5-4-11(19)9-20-3/h6-8,10-11,19H,4-5,9H2,1-3H3,(H,15,16). The minimum absolute atomic E-state index is 0.351. The van der Waals surface area contributed by atoms with E-state index in [2.05, 4.69) is 29.2 Å². The van der Waals surface area contributed by atoms with E-state index in [1.54, 1.807) is 13.3 Å². The number of aliphatic hydroxyl groups is 1. The van der Waals surface area contributed by atoms with Crippen molar-refractivity contribution >= 4 is 11.3 Å². The van der Waals surface area contributed by atoms with Gasteiger partial charge in [-0.25, -0.2) is 9.50 Å². The maximum Gasteiger partial charge on any atom is 0.152 e. The van der Waals surface area contributed by atoms with Crippen LogP contribution in [0.15, 0.2) is 18.5 Å². The number of hydrogen-bond acceptors (Lipinski definition) is 5. The fourth-order valence-electron chi connectivity index (χ4n) is 1.99. The summed E-state index contributed by atoms with van der Waals surface area (Å²) in [6.45, 7) is 5.22. The highest BCUT2D eigenvalue weighted by Crippen LogP contribution is 2.19. The molecule has 2 rings (SSSR count). The normalized spacial score (nSPS) is 13.1. The van der Waals surface area contributed by atoms with Crippen LogP contribution >= 0.6 is 0 Å². The summed E-state index contributed by atoms with van der Waals surface area (Å²) in [6, 6.07) is 2.05. The molecule has 2 aromatic heterocycles. The predicted octanol–water partition coefficient (Wildman–Crippen LogP) is 1.66. The summed E-state index contributed by atoms with van der Waals surface area (Å²) >= 11 is 0. The molecule has 0 bridgehead atoms. The molecule has 0 saturated carbocycles. The van der Waals surface area contributed by atoms with Crippen molar-refractivity contribution in [2.45, 2.75) is 32.3 Å². The molecule has 6 nitrogen and oxygen atoms in total. The summed E-state index contributed by atoms with van der Waals surface area (Å²) in [6.07, 6.45) is 3.72. The maximum atomic E-state index is 9.61. The molecule has 0 aliphatic rings. The number of hydrogen-bond donors (Lipinski definition) is 2. The first kappa shape index (κ1) is 14.7. The van der Waals surface area contributed by atoms with Crippen molar-refractivity contribution in [3.63, 3.8) is 0 Å². The van der Waals surface area contributed by atoms with Gasteiger partial charge in [-0.1, -0.05) is 13.8 Å². The average Bonchev–Trinajstić information content (AvgIpc) is 2.84. The fourth-order valence-corrected chi connectivity index (χ4v) is 1.99. The minimum atomic E-state index is -0.455. The van der Waals surface area contributed by atoms with Gasteiger partial charge in [0.2, 0.25) is 0 Å². The molecular weight excluding hydrogens is 256 g/mol. The number of nitrogens with zero attached hydrogens (tertiary/aromatic N) is 3. The van der Waals surface area contributed by atoms with Gasteiger partial charge in [-0.15, -0.1) is 0 Å². The Kier molecular flexibility index (Phi) is 4.92. The number of nitrogens with one attached hydrogen (secondary N) is 1. The fraction of sp³-hybridized carbons (Fsp3) is 0.571. The van der Waals surface area contributed by atoms with Crippen LogP contribution in [0.4, 0.5) is 5.82 Å². The molecule has 0 aromatic carbocycles. The van der Waals surface area contributed by atoms with Gasteiger partial charge >= 0.3 is 0 Å². The Balaban J connectivity index is 2.06. The molecule has 2 heterocycles. The predicted molar refractivity (Wildman–Crippen MR) is 78.1 cm³/mol. The quantitative estimate of drug-likeness (QED) is 0.806. The van der Waals surface area contributed by atoms with Crippen LogP contribution in [-0.2, 0) is 4.74 Å². The molecule has 0 fully saturated rings. The van der Waals surface area contributed by atoms with E-state index in [1.165, 1.54) is 0 Å². The highest BCUT2D eigenvalue weighted by atomic mass is 16.5. The Bertz CT molecular complexity index is 553. The monoisotopic (exact) mass is 278 g/mol. The molecule has 6 heteroatoms. The van der Waals surface area contributed by atoms with Crippen molar-refractivity contribution in [1.29, 1.82) is 0 Å². The van der Waals surface area contributed by atoms with E-state index < -0.39 is 6.10 Å². The van der Waals surface area contributed by atoms with Crippen LogP contribution in [0.25, 0.3) is 5.52 Å². The zero-order valence-electron chi connectivity index (χ0n) is 12.2. The van der Waals surface area contributed by atoms with E-state index >= 15 is 0 Å². The van der Waals surface area contributed by atoms with Crippen molar-refractivity contribution in [1.82, 2.24) is 14.6 Å². The van der Waals surface area contributed by atoms with Crippen LogP contribution in [-0.4, -0.2) is 46.1 Å². The van der Waals surface area contributed by atoms with Crippen molar-refractivity contribution in [2.24, 2.45) is 0 Å². The molecule has 20 heavy (non-hydrogen) atoms. The third-order valence-electron chi connectivity index (χ3n) is 3.13. The van der Waals surface area contributed by atoms with Crippen molar-refractivity contribution in [3.05, 3.63) is 24.2 Å². The molecule has 0 amide bonds. The summed E-state index contributed by atoms with van der Waals surface area (Å²) < 4.78 is 6.73. The van der Waals surface area contributed by atoms with Gasteiger partial charge in [0.1, 0.15) is 5.52 Å². The smallest absolute Gasteiger partial charge is 0.152 e. The number of methoxy groups -OCH3 is 1. The number of aliphatic hydroxyl groups excluding tert-OH is 1. The summed E-state index contributed by atoms with van der Waals surface area (Å²) in [7, 11) is 1.58. The number of rotatable bonds is 7. The molecule has 1 atom stereocenters. The lowest BCUT2D eigenvalue weighted by Crippen LogP contribution is -2.18. The van der Waals surface area contributed by atoms with Crippen LogP contribution < -0.4 is 5.32 Å². The number of anilines is 1.